The number of hydrogen-bond acceptors (Lipinski definition) is 12. The van der Waals surface area contributed by atoms with Gasteiger partial charge in [0.1, 0.15) is 0 Å². The Kier molecular flexibility index (Phi) is 17.2. The molecule has 0 fully saturated rings. The van der Waals surface area contributed by atoms with E-state index >= 15 is 0 Å². The van der Waals surface area contributed by atoms with Gasteiger partial charge in [-0.15, -0.1) is 0 Å². The van der Waals surface area contributed by atoms with Crippen molar-refractivity contribution in [1.82, 2.24) is 9.97 Å². The molecule has 3 aromatic carbocycles. The molecule has 4 N–H and O–H groups in total. The molecule has 1 heterocycles. The molecule has 0 spiro atoms. The standard InChI is InChI=1S/C21H24N2O5.C18H20N4O5/c1-3-5-14-28-20(25)16-8-12-18(13-9-16)23-21(26)22-17-10-6-15(7-11-17)19(24)27-4-2;1-4-26-15(23)12-6-8-13(9-7-12)21-18(25)22-17-19-10-14(11(3)20-17)16(24)27-5-2/h6-13H,3-5,14H2,1-2H3,(H2,22,23,26);6-10H,4-5H2,1-3H3,(H2,19,20,21,22,25). The molecule has 0 bridgehead atoms. The summed E-state index contributed by atoms with van der Waals surface area (Å²) in [5, 5.41) is 10.4. The van der Waals surface area contributed by atoms with E-state index in [9.17, 15) is 28.8 Å². The number of aryl methyl sites for hydroxylation is 1. The minimum Gasteiger partial charge on any atom is -0.462 e. The number of ether oxygens (including phenoxy) is 4. The number of carbonyl (C=O) groups excluding carboxylic acids is 6. The molecule has 4 amide bonds. The Balaban J connectivity index is 0.000000296. The first-order valence-corrected chi connectivity index (χ1v) is 17.5. The van der Waals surface area contributed by atoms with Crippen LogP contribution < -0.4 is 21.3 Å². The number of unbranched alkanes of at least 4 members (excludes halogenated alkanes) is 1. The molecule has 4 rings (SSSR count). The average Bonchev–Trinajstić information content (AvgIpc) is 3.16. The predicted octanol–water partition coefficient (Wildman–Crippen LogP) is 7.25. The van der Waals surface area contributed by atoms with Crippen molar-refractivity contribution >= 4 is 58.9 Å². The predicted molar refractivity (Wildman–Crippen MR) is 204 cm³/mol. The summed E-state index contributed by atoms with van der Waals surface area (Å²) in [6.45, 7) is 10.0. The summed E-state index contributed by atoms with van der Waals surface area (Å²) < 4.78 is 19.8. The number of rotatable bonds is 14. The molecular weight excluding hydrogens is 712 g/mol. The number of benzene rings is 3. The maximum atomic E-state index is 12.1. The fraction of sp³-hybridized carbons (Fsp3) is 0.282. The van der Waals surface area contributed by atoms with Crippen molar-refractivity contribution in [3.05, 3.63) is 107 Å². The SMILES string of the molecule is CCCCOC(=O)c1ccc(NC(=O)Nc2ccc(C(=O)OCC)cc2)cc1.CCOC(=O)c1ccc(NC(=O)Nc2ncc(C(=O)OCC)c(C)n2)cc1. The Bertz CT molecular complexity index is 1920. The van der Waals surface area contributed by atoms with Gasteiger partial charge in [-0.1, -0.05) is 13.3 Å². The van der Waals surface area contributed by atoms with Crippen molar-refractivity contribution in [2.24, 2.45) is 0 Å². The van der Waals surface area contributed by atoms with Crippen LogP contribution in [-0.2, 0) is 18.9 Å². The average molecular weight is 757 g/mol. The van der Waals surface area contributed by atoms with Crippen LogP contribution in [0.5, 0.6) is 0 Å². The van der Waals surface area contributed by atoms with Crippen molar-refractivity contribution in [2.45, 2.75) is 47.5 Å². The van der Waals surface area contributed by atoms with E-state index in [1.165, 1.54) is 6.20 Å². The number of nitrogens with one attached hydrogen (secondary N) is 4. The summed E-state index contributed by atoms with van der Waals surface area (Å²) in [6.07, 6.45) is 3.08. The van der Waals surface area contributed by atoms with Crippen LogP contribution in [0, 0.1) is 6.92 Å². The second-order valence-electron chi connectivity index (χ2n) is 11.2. The Morgan fingerprint density at radius 1 is 0.527 bits per heavy atom. The van der Waals surface area contributed by atoms with Crippen LogP contribution in [-0.4, -0.2) is 72.3 Å². The number of carbonyl (C=O) groups is 6. The van der Waals surface area contributed by atoms with E-state index in [-0.39, 0.29) is 30.7 Å². The Hall–Kier alpha value is -6.84. The zero-order chi connectivity index (χ0) is 40.2. The van der Waals surface area contributed by atoms with Crippen molar-refractivity contribution in [2.75, 3.05) is 47.7 Å². The van der Waals surface area contributed by atoms with E-state index < -0.39 is 30.0 Å². The normalized spacial score (nSPS) is 10.1. The largest absolute Gasteiger partial charge is 0.462 e. The van der Waals surface area contributed by atoms with Crippen molar-refractivity contribution in [1.29, 1.82) is 0 Å². The zero-order valence-electron chi connectivity index (χ0n) is 31.2. The monoisotopic (exact) mass is 756 g/mol. The van der Waals surface area contributed by atoms with Crippen LogP contribution in [0.4, 0.5) is 32.6 Å². The molecule has 0 aliphatic carbocycles. The lowest BCUT2D eigenvalue weighted by molar-refractivity contribution is 0.0494. The van der Waals surface area contributed by atoms with Crippen LogP contribution in [0.3, 0.4) is 0 Å². The van der Waals surface area contributed by atoms with Gasteiger partial charge >= 0.3 is 35.9 Å². The van der Waals surface area contributed by atoms with E-state index in [0.29, 0.717) is 52.7 Å². The molecule has 0 radical (unpaired) electrons. The number of esters is 4. The topological polar surface area (TPSA) is 213 Å². The summed E-state index contributed by atoms with van der Waals surface area (Å²) >= 11 is 0. The van der Waals surface area contributed by atoms with Gasteiger partial charge in [0.2, 0.25) is 5.95 Å². The molecule has 1 aromatic heterocycles. The highest BCUT2D eigenvalue weighted by Gasteiger charge is 2.15. The van der Waals surface area contributed by atoms with Crippen LogP contribution >= 0.6 is 0 Å². The van der Waals surface area contributed by atoms with Crippen molar-refractivity contribution in [3.63, 3.8) is 0 Å². The number of aromatic nitrogens is 2. The second-order valence-corrected chi connectivity index (χ2v) is 11.2. The minimum atomic E-state index is -0.567. The minimum absolute atomic E-state index is 0.0428. The third-order valence-corrected chi connectivity index (χ3v) is 7.12. The molecule has 0 saturated heterocycles. The highest BCUT2D eigenvalue weighted by atomic mass is 16.5. The van der Waals surface area contributed by atoms with Gasteiger partial charge in [0.05, 0.1) is 54.4 Å². The van der Waals surface area contributed by atoms with Gasteiger partial charge < -0.3 is 34.9 Å². The molecule has 4 aromatic rings. The third kappa shape index (κ3) is 14.2. The zero-order valence-corrected chi connectivity index (χ0v) is 31.2. The summed E-state index contributed by atoms with van der Waals surface area (Å²) in [4.78, 5) is 78.9. The maximum Gasteiger partial charge on any atom is 0.341 e. The molecule has 0 atom stereocenters. The molecule has 0 aliphatic rings. The smallest absolute Gasteiger partial charge is 0.341 e. The van der Waals surface area contributed by atoms with Crippen LogP contribution in [0.15, 0.2) is 79.0 Å². The lowest BCUT2D eigenvalue weighted by Crippen LogP contribution is -2.21. The summed E-state index contributed by atoms with van der Waals surface area (Å²) in [5.74, 6) is -1.70. The number of nitrogens with zero attached hydrogens (tertiary/aromatic N) is 2. The number of urea groups is 2. The molecule has 55 heavy (non-hydrogen) atoms. The molecular formula is C39H44N6O10. The summed E-state index contributed by atoms with van der Waals surface area (Å²) in [5.41, 5.74) is 3.38. The highest BCUT2D eigenvalue weighted by Crippen LogP contribution is 2.15. The number of amides is 4. The third-order valence-electron chi connectivity index (χ3n) is 7.12. The Labute approximate surface area is 318 Å². The molecule has 16 nitrogen and oxygen atoms in total. The molecule has 290 valence electrons. The van der Waals surface area contributed by atoms with Gasteiger partial charge in [0, 0.05) is 23.3 Å². The number of hydrogen-bond donors (Lipinski definition) is 4. The quantitative estimate of drug-likeness (QED) is 0.0569. The van der Waals surface area contributed by atoms with Gasteiger partial charge in [0.15, 0.2) is 0 Å². The van der Waals surface area contributed by atoms with Gasteiger partial charge in [-0.2, -0.15) is 0 Å². The Morgan fingerprint density at radius 2 is 0.909 bits per heavy atom. The highest BCUT2D eigenvalue weighted by molar-refractivity contribution is 6.01. The first-order valence-electron chi connectivity index (χ1n) is 17.5. The van der Waals surface area contributed by atoms with Gasteiger partial charge in [-0.3, -0.25) is 5.32 Å². The Morgan fingerprint density at radius 3 is 1.29 bits per heavy atom. The maximum absolute atomic E-state index is 12.1. The molecule has 16 heteroatoms. The fourth-order valence-corrected chi connectivity index (χ4v) is 4.38. The van der Waals surface area contributed by atoms with E-state index in [2.05, 4.69) is 31.2 Å². The van der Waals surface area contributed by atoms with Crippen molar-refractivity contribution in [3.8, 4) is 0 Å². The first kappa shape index (κ1) is 42.6. The first-order chi connectivity index (χ1) is 26.5. The van der Waals surface area contributed by atoms with E-state index in [4.69, 9.17) is 18.9 Å². The molecule has 0 saturated carbocycles. The van der Waals surface area contributed by atoms with E-state index in [0.717, 1.165) is 12.8 Å². The van der Waals surface area contributed by atoms with Gasteiger partial charge in [-0.25, -0.2) is 38.7 Å². The number of anilines is 4. The van der Waals surface area contributed by atoms with Gasteiger partial charge in [-0.05, 0) is 107 Å². The van der Waals surface area contributed by atoms with E-state index in [1.807, 2.05) is 6.92 Å². The van der Waals surface area contributed by atoms with Gasteiger partial charge in [0.25, 0.3) is 0 Å². The second kappa shape index (κ2) is 22.3. The molecule has 0 unspecified atom stereocenters. The van der Waals surface area contributed by atoms with Crippen LogP contribution in [0.25, 0.3) is 0 Å². The fourth-order valence-electron chi connectivity index (χ4n) is 4.38. The molecule has 0 aliphatic heterocycles. The van der Waals surface area contributed by atoms with Crippen LogP contribution in [0.2, 0.25) is 0 Å². The lowest BCUT2D eigenvalue weighted by atomic mass is 10.2. The van der Waals surface area contributed by atoms with Crippen LogP contribution in [0.1, 0.15) is 87.7 Å². The van der Waals surface area contributed by atoms with E-state index in [1.54, 1.807) is 100 Å². The summed E-state index contributed by atoms with van der Waals surface area (Å²) in [7, 11) is 0. The summed E-state index contributed by atoms with van der Waals surface area (Å²) in [6, 6.07) is 18.0. The lowest BCUT2D eigenvalue weighted by Gasteiger charge is -2.09. The van der Waals surface area contributed by atoms with Crippen molar-refractivity contribution < 1.29 is 47.7 Å².